The summed E-state index contributed by atoms with van der Waals surface area (Å²) in [5.41, 5.74) is -2.88. The fourth-order valence-corrected chi connectivity index (χ4v) is 1.98. The summed E-state index contributed by atoms with van der Waals surface area (Å²) >= 11 is 0. The number of benzene rings is 1. The van der Waals surface area contributed by atoms with Gasteiger partial charge in [-0.3, -0.25) is 5.32 Å². The fraction of sp³-hybridized carbons (Fsp3) is 0.444. The number of amides is 1. The quantitative estimate of drug-likeness (QED) is 0.640. The van der Waals surface area contributed by atoms with Gasteiger partial charge in [0, 0.05) is 5.92 Å². The Hall–Kier alpha value is -2.69. The van der Waals surface area contributed by atoms with E-state index in [9.17, 15) is 22.8 Å². The van der Waals surface area contributed by atoms with Crippen molar-refractivity contribution in [2.75, 3.05) is 6.61 Å². The van der Waals surface area contributed by atoms with Crippen molar-refractivity contribution in [2.24, 2.45) is 5.92 Å². The molecule has 8 heteroatoms. The Bertz CT molecular complexity index is 705. The Kier molecular flexibility index (Phi) is 6.14. The molecule has 0 spiro atoms. The van der Waals surface area contributed by atoms with Gasteiger partial charge in [0.25, 0.3) is 5.54 Å². The molecule has 1 aromatic carbocycles. The molecule has 1 aromatic rings. The molecule has 0 aliphatic heterocycles. The van der Waals surface area contributed by atoms with Crippen LogP contribution in [0.15, 0.2) is 30.3 Å². The lowest BCUT2D eigenvalue weighted by atomic mass is 9.99. The first kappa shape index (κ1) is 19.6. The van der Waals surface area contributed by atoms with E-state index in [0.29, 0.717) is 18.4 Å². The maximum absolute atomic E-state index is 13.7. The molecule has 0 aromatic heterocycles. The van der Waals surface area contributed by atoms with E-state index in [-0.39, 0.29) is 19.1 Å². The van der Waals surface area contributed by atoms with Crippen LogP contribution in [0, 0.1) is 17.8 Å². The van der Waals surface area contributed by atoms with Crippen LogP contribution < -0.4 is 5.32 Å². The van der Waals surface area contributed by atoms with Crippen molar-refractivity contribution in [3.63, 3.8) is 0 Å². The summed E-state index contributed by atoms with van der Waals surface area (Å²) in [5, 5.41) is 1.57. The van der Waals surface area contributed by atoms with E-state index in [0.717, 1.165) is 0 Å². The van der Waals surface area contributed by atoms with Gasteiger partial charge in [-0.1, -0.05) is 42.2 Å². The molecule has 1 fully saturated rings. The van der Waals surface area contributed by atoms with Gasteiger partial charge in [-0.2, -0.15) is 13.2 Å². The zero-order chi connectivity index (χ0) is 19.2. The molecule has 0 saturated heterocycles. The normalized spacial score (nSPS) is 15.8. The SMILES string of the molecule is CCOC(=O)C(C#CC1CC1)(NC(=O)OCc1ccccc1)C(F)(F)F. The van der Waals surface area contributed by atoms with Gasteiger partial charge in [0.05, 0.1) is 6.61 Å². The topological polar surface area (TPSA) is 64.6 Å². The highest BCUT2D eigenvalue weighted by Gasteiger charge is 2.63. The summed E-state index contributed by atoms with van der Waals surface area (Å²) in [6.07, 6.45) is -5.28. The van der Waals surface area contributed by atoms with Gasteiger partial charge < -0.3 is 9.47 Å². The van der Waals surface area contributed by atoms with Crippen LogP contribution in [0.3, 0.4) is 0 Å². The standard InChI is InChI=1S/C18H18F3NO4/c1-2-25-15(23)17(18(19,20)21,11-10-13-8-9-13)22-16(24)26-12-14-6-4-3-5-7-14/h3-7,13H,2,8-9,12H2,1H3,(H,22,24). The molecule has 1 N–H and O–H groups in total. The maximum Gasteiger partial charge on any atom is 0.434 e. The molecule has 0 bridgehead atoms. The first-order chi connectivity index (χ1) is 12.3. The number of halogens is 3. The van der Waals surface area contributed by atoms with E-state index in [1.807, 2.05) is 5.92 Å². The van der Waals surface area contributed by atoms with E-state index in [1.165, 1.54) is 6.92 Å². The maximum atomic E-state index is 13.7. The first-order valence-corrected chi connectivity index (χ1v) is 8.04. The molecule has 1 saturated carbocycles. The minimum Gasteiger partial charge on any atom is -0.463 e. The van der Waals surface area contributed by atoms with Crippen LogP contribution >= 0.6 is 0 Å². The van der Waals surface area contributed by atoms with Crippen molar-refractivity contribution in [3.05, 3.63) is 35.9 Å². The van der Waals surface area contributed by atoms with Gasteiger partial charge in [-0.15, -0.1) is 0 Å². The van der Waals surface area contributed by atoms with Crippen LogP contribution in [0.5, 0.6) is 0 Å². The van der Waals surface area contributed by atoms with Crippen LogP contribution in [0.1, 0.15) is 25.3 Å². The zero-order valence-corrected chi connectivity index (χ0v) is 14.1. The average molecular weight is 369 g/mol. The Morgan fingerprint density at radius 3 is 2.38 bits per heavy atom. The van der Waals surface area contributed by atoms with Crippen molar-refractivity contribution < 1.29 is 32.2 Å². The predicted octanol–water partition coefficient (Wildman–Crippen LogP) is 3.19. The van der Waals surface area contributed by atoms with E-state index < -0.39 is 23.8 Å². The second-order valence-corrected chi connectivity index (χ2v) is 5.70. The number of alkyl carbamates (subject to hydrolysis) is 1. The number of hydrogen-bond donors (Lipinski definition) is 1. The van der Waals surface area contributed by atoms with E-state index in [1.54, 1.807) is 35.6 Å². The lowest BCUT2D eigenvalue weighted by molar-refractivity contribution is -0.198. The summed E-state index contributed by atoms with van der Waals surface area (Å²) in [6, 6.07) is 8.41. The summed E-state index contributed by atoms with van der Waals surface area (Å²) < 4.78 is 50.3. The molecule has 5 nitrogen and oxygen atoms in total. The summed E-state index contributed by atoms with van der Waals surface area (Å²) in [6.45, 7) is 0.823. The first-order valence-electron chi connectivity index (χ1n) is 8.04. The van der Waals surface area contributed by atoms with Gasteiger partial charge in [0.15, 0.2) is 0 Å². The number of rotatable bonds is 5. The van der Waals surface area contributed by atoms with Crippen LogP contribution in [-0.4, -0.2) is 30.4 Å². The highest BCUT2D eigenvalue weighted by atomic mass is 19.4. The molecule has 26 heavy (non-hydrogen) atoms. The van der Waals surface area contributed by atoms with Crippen molar-refractivity contribution in [2.45, 2.75) is 38.1 Å². The predicted molar refractivity (Wildman–Crippen MR) is 85.7 cm³/mol. The molecule has 2 rings (SSSR count). The molecule has 1 amide bonds. The van der Waals surface area contributed by atoms with Crippen molar-refractivity contribution in [3.8, 4) is 11.8 Å². The summed E-state index contributed by atoms with van der Waals surface area (Å²) in [5.74, 6) is 2.37. The van der Waals surface area contributed by atoms with Crippen LogP contribution in [0.25, 0.3) is 0 Å². The summed E-state index contributed by atoms with van der Waals surface area (Å²) in [4.78, 5) is 24.0. The molecule has 0 heterocycles. The number of nitrogens with one attached hydrogen (secondary N) is 1. The van der Waals surface area contributed by atoms with Crippen LogP contribution in [0.4, 0.5) is 18.0 Å². The van der Waals surface area contributed by atoms with Gasteiger partial charge in [-0.25, -0.2) is 9.59 Å². The fourth-order valence-electron chi connectivity index (χ4n) is 1.98. The zero-order valence-electron chi connectivity index (χ0n) is 14.1. The minimum atomic E-state index is -5.17. The van der Waals surface area contributed by atoms with E-state index >= 15 is 0 Å². The van der Waals surface area contributed by atoms with Crippen molar-refractivity contribution in [1.29, 1.82) is 0 Å². The van der Waals surface area contributed by atoms with Crippen molar-refractivity contribution in [1.82, 2.24) is 5.32 Å². The number of carbonyl (C=O) groups excluding carboxylic acids is 2. The molecule has 1 unspecified atom stereocenters. The second-order valence-electron chi connectivity index (χ2n) is 5.70. The van der Waals surface area contributed by atoms with Gasteiger partial charge in [0.1, 0.15) is 6.61 Å². The lowest BCUT2D eigenvalue weighted by Gasteiger charge is -2.29. The van der Waals surface area contributed by atoms with Gasteiger partial charge >= 0.3 is 18.2 Å². The van der Waals surface area contributed by atoms with Crippen molar-refractivity contribution >= 4 is 12.1 Å². The third-order valence-corrected chi connectivity index (χ3v) is 3.55. The van der Waals surface area contributed by atoms with Crippen LogP contribution in [-0.2, 0) is 20.9 Å². The van der Waals surface area contributed by atoms with E-state index in [4.69, 9.17) is 4.74 Å². The third kappa shape index (κ3) is 4.91. The monoisotopic (exact) mass is 369 g/mol. The molecule has 140 valence electrons. The molecule has 1 atom stereocenters. The Labute approximate surface area is 148 Å². The van der Waals surface area contributed by atoms with Crippen LogP contribution in [0.2, 0.25) is 0 Å². The number of esters is 1. The number of hydrogen-bond acceptors (Lipinski definition) is 4. The molecule has 1 aliphatic rings. The smallest absolute Gasteiger partial charge is 0.434 e. The molecule has 0 radical (unpaired) electrons. The number of carbonyl (C=O) groups is 2. The number of alkyl halides is 3. The van der Waals surface area contributed by atoms with Gasteiger partial charge in [-0.05, 0) is 25.3 Å². The van der Waals surface area contributed by atoms with E-state index in [2.05, 4.69) is 10.7 Å². The highest BCUT2D eigenvalue weighted by molar-refractivity contribution is 5.90. The minimum absolute atomic E-state index is 0.215. The Morgan fingerprint density at radius 2 is 1.85 bits per heavy atom. The number of ether oxygens (including phenoxy) is 2. The largest absolute Gasteiger partial charge is 0.463 e. The lowest BCUT2D eigenvalue weighted by Crippen LogP contribution is -2.64. The Balaban J connectivity index is 2.20. The average Bonchev–Trinajstić information content (AvgIpc) is 3.41. The second kappa shape index (κ2) is 8.13. The molecular formula is C18H18F3NO4. The Morgan fingerprint density at radius 1 is 1.19 bits per heavy atom. The highest BCUT2D eigenvalue weighted by Crippen LogP contribution is 2.33. The summed E-state index contributed by atoms with van der Waals surface area (Å²) in [7, 11) is 0. The van der Waals surface area contributed by atoms with Gasteiger partial charge in [0.2, 0.25) is 0 Å². The molecular weight excluding hydrogens is 351 g/mol. The molecule has 1 aliphatic carbocycles. The third-order valence-electron chi connectivity index (χ3n) is 3.55.